The summed E-state index contributed by atoms with van der Waals surface area (Å²) in [5.74, 6) is -9.22. The van der Waals surface area contributed by atoms with Crippen LogP contribution in [0.1, 0.15) is 57.8 Å². The molecule has 0 radical (unpaired) electrons. The van der Waals surface area contributed by atoms with Crippen molar-refractivity contribution < 1.29 is 58.7 Å². The van der Waals surface area contributed by atoms with E-state index >= 15 is 0 Å². The van der Waals surface area contributed by atoms with E-state index in [0.717, 1.165) is 32.9 Å². The summed E-state index contributed by atoms with van der Waals surface area (Å²) in [7, 11) is 2.39. The minimum absolute atomic E-state index is 0.160. The number of amides is 2. The second kappa shape index (κ2) is 13.6. The van der Waals surface area contributed by atoms with Gasteiger partial charge in [-0.25, -0.2) is 0 Å². The first-order chi connectivity index (χ1) is 27.8. The lowest BCUT2D eigenvalue weighted by atomic mass is 9.67. The number of ketones is 2. The number of Topliss-reactive ketones (excluding diaryl/α,β-unsaturated/α-hetero) is 2. The molecule has 2 aromatic heterocycles. The number of hydrogen-bond acceptors (Lipinski definition) is 12. The van der Waals surface area contributed by atoms with E-state index in [2.05, 4.69) is 9.97 Å². The summed E-state index contributed by atoms with van der Waals surface area (Å²) in [6, 6.07) is 14.9. The van der Waals surface area contributed by atoms with Crippen LogP contribution in [0, 0.1) is 35.5 Å². The molecule has 2 aromatic carbocycles. The van der Waals surface area contributed by atoms with Gasteiger partial charge in [0, 0.05) is 58.6 Å². The highest BCUT2D eigenvalue weighted by Crippen LogP contribution is 2.54. The number of nitrogens with zero attached hydrogens (tertiary/aromatic N) is 2. The molecule has 0 spiro atoms. The average Bonchev–Trinajstić information content (AvgIpc) is 3.87. The van der Waals surface area contributed by atoms with Crippen molar-refractivity contribution in [2.24, 2.45) is 35.5 Å². The van der Waals surface area contributed by atoms with E-state index in [-0.39, 0.29) is 49.1 Å². The number of methoxy groups -OCH3 is 2. The number of ether oxygens (including phenoxy) is 2. The van der Waals surface area contributed by atoms with Crippen molar-refractivity contribution in [3.05, 3.63) is 71.0 Å². The molecule has 6 N–H and O–H groups in total. The van der Waals surface area contributed by atoms with Crippen LogP contribution in [0.25, 0.3) is 21.8 Å². The van der Waals surface area contributed by atoms with Crippen LogP contribution in [0.2, 0.25) is 0 Å². The Balaban J connectivity index is 0.000000150. The van der Waals surface area contributed by atoms with E-state index < -0.39 is 82.7 Å². The predicted molar refractivity (Wildman–Crippen MR) is 201 cm³/mol. The number of para-hydroxylation sites is 2. The number of esters is 2. The lowest BCUT2D eigenvalue weighted by Gasteiger charge is -2.41. The molecule has 6 aliphatic rings. The van der Waals surface area contributed by atoms with Gasteiger partial charge in [0.25, 0.3) is 0 Å². The number of aliphatic hydroxyl groups excluding tert-OH is 2. The van der Waals surface area contributed by atoms with E-state index in [1.54, 1.807) is 0 Å². The summed E-state index contributed by atoms with van der Waals surface area (Å²) >= 11 is 0. The number of carbonyl (C=O) groups excluding carboxylic acids is 6. The summed E-state index contributed by atoms with van der Waals surface area (Å²) in [5, 5.41) is 46.3. The number of rotatable bonds is 2. The SMILES string of the molecule is COC(=O)[C@@H]1[C@@H]2[C@@H](CC[C@H]1O)C(=O)N1CCc3c([nH]c4ccccc34)C(=O)[C@@]21O.COC(=O)[C@@H]1[C@@H]2[C@@H](CC[C@H]1O)C(=O)N1CCc3c([nH]c4ccccc34)C(=O)[C@@]21O. The normalized spacial score (nSPS) is 33.8. The van der Waals surface area contributed by atoms with Gasteiger partial charge in [-0.3, -0.25) is 28.8 Å². The standard InChI is InChI=1S/2C21H22N2O6/c2*1-29-20(27)15-14(24)7-6-12-16(15)21(28)18(25)17-11(8-9-23(21)19(12)26)10-4-2-3-5-13(10)22-17/h2*2-5,12,14-16,22,24,28H,6-9H2,1H3/t2*12-,14-,15+,16+,21+/m11/s1. The van der Waals surface area contributed by atoms with Gasteiger partial charge in [-0.1, -0.05) is 36.4 Å². The van der Waals surface area contributed by atoms with Crippen LogP contribution in [0.4, 0.5) is 0 Å². The number of nitrogens with one attached hydrogen (secondary N) is 2. The number of aromatic nitrogens is 2. The van der Waals surface area contributed by atoms with Crippen LogP contribution >= 0.6 is 0 Å². The molecule has 2 aliphatic carbocycles. The molecule has 0 unspecified atom stereocenters. The molecule has 4 fully saturated rings. The van der Waals surface area contributed by atoms with Crippen molar-refractivity contribution in [1.29, 1.82) is 0 Å². The van der Waals surface area contributed by atoms with Crippen molar-refractivity contribution in [3.63, 3.8) is 0 Å². The van der Waals surface area contributed by atoms with Gasteiger partial charge in [-0.05, 0) is 61.8 Å². The topological polar surface area (TPSA) is 240 Å². The molecule has 2 saturated carbocycles. The first-order valence-corrected chi connectivity index (χ1v) is 19.7. The van der Waals surface area contributed by atoms with Crippen LogP contribution in [0.3, 0.4) is 0 Å². The summed E-state index contributed by atoms with van der Waals surface area (Å²) in [4.78, 5) is 87.2. The first-order valence-electron chi connectivity index (χ1n) is 19.7. The quantitative estimate of drug-likeness (QED) is 0.157. The zero-order chi connectivity index (χ0) is 41.0. The second-order valence-electron chi connectivity index (χ2n) is 16.3. The molecule has 4 aromatic rings. The zero-order valence-corrected chi connectivity index (χ0v) is 31.8. The molecule has 58 heavy (non-hydrogen) atoms. The van der Waals surface area contributed by atoms with E-state index in [0.29, 0.717) is 25.7 Å². The van der Waals surface area contributed by atoms with Gasteiger partial charge < -0.3 is 49.7 Å². The smallest absolute Gasteiger partial charge is 0.311 e. The maximum atomic E-state index is 13.7. The van der Waals surface area contributed by atoms with Gasteiger partial charge in [-0.2, -0.15) is 0 Å². The molecule has 10 rings (SSSR count). The van der Waals surface area contributed by atoms with Crippen molar-refractivity contribution >= 4 is 57.1 Å². The molecule has 2 saturated heterocycles. The summed E-state index contributed by atoms with van der Waals surface area (Å²) in [5.41, 5.74) is -0.828. The van der Waals surface area contributed by atoms with Gasteiger partial charge in [0.1, 0.15) is 0 Å². The Morgan fingerprint density at radius 2 is 1.02 bits per heavy atom. The molecule has 10 atom stereocenters. The maximum absolute atomic E-state index is 13.7. The first kappa shape index (κ1) is 38.1. The molecule has 0 bridgehead atoms. The van der Waals surface area contributed by atoms with Crippen molar-refractivity contribution in [1.82, 2.24) is 19.8 Å². The predicted octanol–water partition coefficient (Wildman–Crippen LogP) is 1.23. The number of fused-ring (bicyclic) bond motifs is 12. The Bertz CT molecular complexity index is 2260. The van der Waals surface area contributed by atoms with Gasteiger partial charge >= 0.3 is 11.9 Å². The van der Waals surface area contributed by atoms with Gasteiger partial charge in [0.05, 0.1) is 49.7 Å². The van der Waals surface area contributed by atoms with E-state index in [4.69, 9.17) is 9.47 Å². The van der Waals surface area contributed by atoms with Crippen LogP contribution < -0.4 is 0 Å². The third kappa shape index (κ3) is 5.07. The number of hydrogen-bond donors (Lipinski definition) is 6. The van der Waals surface area contributed by atoms with Crippen molar-refractivity contribution in [3.8, 4) is 0 Å². The lowest BCUT2D eigenvalue weighted by Crippen LogP contribution is -2.59. The Hall–Kier alpha value is -5.42. The Morgan fingerprint density at radius 3 is 1.40 bits per heavy atom. The third-order valence-electron chi connectivity index (χ3n) is 13.8. The minimum Gasteiger partial charge on any atom is -0.469 e. The molecular formula is C42H44N4O12. The van der Waals surface area contributed by atoms with Crippen molar-refractivity contribution in [2.75, 3.05) is 27.3 Å². The highest BCUT2D eigenvalue weighted by atomic mass is 16.5. The number of aromatic amines is 2. The molecule has 304 valence electrons. The molecule has 6 heterocycles. The number of H-pyrrole nitrogens is 2. The summed E-state index contributed by atoms with van der Waals surface area (Å²) in [6.07, 6.45) is -0.260. The van der Waals surface area contributed by atoms with Gasteiger partial charge in [0.2, 0.25) is 34.8 Å². The minimum atomic E-state index is -2.20. The fraction of sp³-hybridized carbons (Fsp3) is 0.476. The Morgan fingerprint density at radius 1 is 0.638 bits per heavy atom. The van der Waals surface area contributed by atoms with Crippen LogP contribution in [0.5, 0.6) is 0 Å². The zero-order valence-electron chi connectivity index (χ0n) is 31.8. The van der Waals surface area contributed by atoms with E-state index in [9.17, 15) is 49.2 Å². The van der Waals surface area contributed by atoms with E-state index in [1.807, 2.05) is 48.5 Å². The number of benzene rings is 2. The third-order valence-corrected chi connectivity index (χ3v) is 13.8. The van der Waals surface area contributed by atoms with Crippen LogP contribution in [-0.4, -0.2) is 126 Å². The van der Waals surface area contributed by atoms with E-state index in [1.165, 1.54) is 24.0 Å². The Labute approximate surface area is 331 Å². The second-order valence-corrected chi connectivity index (χ2v) is 16.3. The highest BCUT2D eigenvalue weighted by Gasteiger charge is 2.70. The van der Waals surface area contributed by atoms with Gasteiger partial charge in [0.15, 0.2) is 0 Å². The fourth-order valence-electron chi connectivity index (χ4n) is 11.2. The molecule has 4 aliphatic heterocycles. The number of aliphatic hydroxyl groups is 4. The van der Waals surface area contributed by atoms with Crippen molar-refractivity contribution in [2.45, 2.75) is 62.2 Å². The molecule has 16 heteroatoms. The summed E-state index contributed by atoms with van der Waals surface area (Å²) < 4.78 is 9.71. The molecule has 16 nitrogen and oxygen atoms in total. The maximum Gasteiger partial charge on any atom is 0.311 e. The monoisotopic (exact) mass is 796 g/mol. The van der Waals surface area contributed by atoms with Crippen LogP contribution in [0.15, 0.2) is 48.5 Å². The average molecular weight is 797 g/mol. The molecular weight excluding hydrogens is 752 g/mol. The summed E-state index contributed by atoms with van der Waals surface area (Å²) in [6.45, 7) is 0.319. The largest absolute Gasteiger partial charge is 0.469 e. The van der Waals surface area contributed by atoms with Crippen LogP contribution in [-0.2, 0) is 41.5 Å². The Kier molecular flexibility index (Phi) is 8.92. The lowest BCUT2D eigenvalue weighted by molar-refractivity contribution is -0.168. The van der Waals surface area contributed by atoms with Gasteiger partial charge in [-0.15, -0.1) is 0 Å². The fourth-order valence-corrected chi connectivity index (χ4v) is 11.2. The molecule has 2 amide bonds. The number of carbonyl (C=O) groups is 6. The highest BCUT2D eigenvalue weighted by molar-refractivity contribution is 6.11.